The van der Waals surface area contributed by atoms with E-state index in [1.54, 1.807) is 6.07 Å². The van der Waals surface area contributed by atoms with Gasteiger partial charge in [-0.2, -0.15) is 0 Å². The number of para-hydroxylation sites is 2. The summed E-state index contributed by atoms with van der Waals surface area (Å²) in [7, 11) is 0. The molecule has 1 aromatic carbocycles. The van der Waals surface area contributed by atoms with Crippen molar-refractivity contribution in [2.45, 2.75) is 12.5 Å². The molecule has 0 aromatic heterocycles. The molecule has 0 aliphatic carbocycles. The van der Waals surface area contributed by atoms with Crippen molar-refractivity contribution in [1.29, 1.82) is 0 Å². The number of benzene rings is 1. The van der Waals surface area contributed by atoms with Gasteiger partial charge in [0.1, 0.15) is 6.61 Å². The smallest absolute Gasteiger partial charge is 0.310 e. The van der Waals surface area contributed by atoms with Crippen LogP contribution in [-0.2, 0) is 4.79 Å². The minimum atomic E-state index is -1.20. The summed E-state index contributed by atoms with van der Waals surface area (Å²) in [6.45, 7) is -0.308. The second kappa shape index (κ2) is 5.80. The normalized spacial score (nSPS) is 11.8. The van der Waals surface area contributed by atoms with Crippen molar-refractivity contribution in [3.05, 3.63) is 34.4 Å². The first-order valence-corrected chi connectivity index (χ1v) is 4.76. The van der Waals surface area contributed by atoms with E-state index in [2.05, 4.69) is 0 Å². The highest BCUT2D eigenvalue weighted by Gasteiger charge is 2.16. The Balaban J connectivity index is 2.63. The van der Waals surface area contributed by atoms with E-state index in [-0.39, 0.29) is 18.0 Å². The number of carboxylic acid groups (broad SMARTS) is 1. The van der Waals surface area contributed by atoms with Crippen LogP contribution in [-0.4, -0.2) is 33.8 Å². The molecule has 2 N–H and O–H groups in total. The summed E-state index contributed by atoms with van der Waals surface area (Å²) < 4.78 is 5.01. The first-order chi connectivity index (χ1) is 8.00. The maximum Gasteiger partial charge on any atom is 0.310 e. The standard InChI is InChI=1S/C10H11NO6/c12-7(5-10(13)14)6-17-9-4-2-1-3-8(9)11(15)16/h1-4,7,12H,5-6H2,(H,13,14). The van der Waals surface area contributed by atoms with E-state index in [4.69, 9.17) is 9.84 Å². The zero-order chi connectivity index (χ0) is 12.8. The summed E-state index contributed by atoms with van der Waals surface area (Å²) >= 11 is 0. The van der Waals surface area contributed by atoms with Gasteiger partial charge in [0.15, 0.2) is 5.75 Å². The Morgan fingerprint density at radius 2 is 2.12 bits per heavy atom. The Kier molecular flexibility index (Phi) is 4.41. The van der Waals surface area contributed by atoms with Crippen LogP contribution in [0.15, 0.2) is 24.3 Å². The lowest BCUT2D eigenvalue weighted by Crippen LogP contribution is -2.21. The molecule has 7 nitrogen and oxygen atoms in total. The second-order valence-electron chi connectivity index (χ2n) is 3.29. The lowest BCUT2D eigenvalue weighted by Gasteiger charge is -2.10. The number of hydrogen-bond donors (Lipinski definition) is 2. The Morgan fingerprint density at radius 3 is 2.71 bits per heavy atom. The Hall–Kier alpha value is -2.15. The number of aliphatic hydroxyl groups excluding tert-OH is 1. The fourth-order valence-corrected chi connectivity index (χ4v) is 1.18. The van der Waals surface area contributed by atoms with Gasteiger partial charge in [0.2, 0.25) is 0 Å². The predicted molar refractivity (Wildman–Crippen MR) is 56.9 cm³/mol. The highest BCUT2D eigenvalue weighted by molar-refractivity contribution is 5.67. The quantitative estimate of drug-likeness (QED) is 0.563. The van der Waals surface area contributed by atoms with Crippen LogP contribution in [0.4, 0.5) is 5.69 Å². The highest BCUT2D eigenvalue weighted by Crippen LogP contribution is 2.25. The van der Waals surface area contributed by atoms with Crippen molar-refractivity contribution in [2.75, 3.05) is 6.61 Å². The SMILES string of the molecule is O=C(O)CC(O)COc1ccccc1[N+](=O)[O-]. The van der Waals surface area contributed by atoms with E-state index in [1.807, 2.05) is 0 Å². The molecule has 1 rings (SSSR count). The van der Waals surface area contributed by atoms with Gasteiger partial charge in [-0.3, -0.25) is 14.9 Å². The number of rotatable bonds is 6. The molecule has 0 amide bonds. The van der Waals surface area contributed by atoms with Crippen LogP contribution in [0.5, 0.6) is 5.75 Å². The van der Waals surface area contributed by atoms with Crippen molar-refractivity contribution in [2.24, 2.45) is 0 Å². The predicted octanol–water partition coefficient (Wildman–Crippen LogP) is 0.809. The monoisotopic (exact) mass is 241 g/mol. The van der Waals surface area contributed by atoms with E-state index < -0.39 is 23.4 Å². The van der Waals surface area contributed by atoms with Gasteiger partial charge >= 0.3 is 11.7 Å². The molecule has 0 bridgehead atoms. The first-order valence-electron chi connectivity index (χ1n) is 4.76. The number of carboxylic acids is 1. The summed E-state index contributed by atoms with van der Waals surface area (Å²) in [5, 5.41) is 28.2. The van der Waals surface area contributed by atoms with Crippen LogP contribution in [0.2, 0.25) is 0 Å². The van der Waals surface area contributed by atoms with E-state index in [0.717, 1.165) is 0 Å². The molecule has 0 aliphatic rings. The molecule has 0 aliphatic heterocycles. The van der Waals surface area contributed by atoms with Gasteiger partial charge in [0.25, 0.3) is 0 Å². The fourth-order valence-electron chi connectivity index (χ4n) is 1.18. The molecule has 0 radical (unpaired) electrons. The van der Waals surface area contributed by atoms with Crippen molar-refractivity contribution in [3.8, 4) is 5.75 Å². The third-order valence-electron chi connectivity index (χ3n) is 1.90. The van der Waals surface area contributed by atoms with E-state index in [9.17, 15) is 20.0 Å². The van der Waals surface area contributed by atoms with Gasteiger partial charge in [-0.25, -0.2) is 0 Å². The summed E-state index contributed by atoms with van der Waals surface area (Å²) in [6.07, 6.45) is -1.67. The maximum atomic E-state index is 10.6. The number of aliphatic carboxylic acids is 1. The van der Waals surface area contributed by atoms with Gasteiger partial charge in [0, 0.05) is 6.07 Å². The third kappa shape index (κ3) is 4.07. The van der Waals surface area contributed by atoms with Gasteiger partial charge < -0.3 is 14.9 Å². The zero-order valence-electron chi connectivity index (χ0n) is 8.78. The summed E-state index contributed by atoms with van der Waals surface area (Å²) in [5.74, 6) is -1.16. The van der Waals surface area contributed by atoms with E-state index in [1.165, 1.54) is 18.2 Å². The molecular weight excluding hydrogens is 230 g/mol. The lowest BCUT2D eigenvalue weighted by molar-refractivity contribution is -0.385. The lowest BCUT2D eigenvalue weighted by atomic mass is 10.2. The van der Waals surface area contributed by atoms with Gasteiger partial charge in [-0.1, -0.05) is 12.1 Å². The molecule has 7 heteroatoms. The second-order valence-corrected chi connectivity index (χ2v) is 3.29. The molecule has 0 saturated heterocycles. The molecule has 1 aromatic rings. The summed E-state index contributed by atoms with van der Waals surface area (Å²) in [5.41, 5.74) is -0.227. The molecule has 0 spiro atoms. The van der Waals surface area contributed by atoms with Crippen LogP contribution in [0, 0.1) is 10.1 Å². The number of aliphatic hydroxyl groups is 1. The van der Waals surface area contributed by atoms with Crippen LogP contribution in [0.1, 0.15) is 6.42 Å². The largest absolute Gasteiger partial charge is 0.484 e. The van der Waals surface area contributed by atoms with Gasteiger partial charge in [-0.05, 0) is 6.07 Å². The Labute approximate surface area is 96.4 Å². The van der Waals surface area contributed by atoms with Crippen molar-refractivity contribution in [1.82, 2.24) is 0 Å². The van der Waals surface area contributed by atoms with Crippen LogP contribution in [0.3, 0.4) is 0 Å². The molecule has 0 heterocycles. The van der Waals surface area contributed by atoms with Crippen molar-refractivity contribution < 1.29 is 24.7 Å². The van der Waals surface area contributed by atoms with Crippen LogP contribution in [0.25, 0.3) is 0 Å². The fraction of sp³-hybridized carbons (Fsp3) is 0.300. The molecule has 17 heavy (non-hydrogen) atoms. The average molecular weight is 241 g/mol. The molecule has 0 saturated carbocycles. The third-order valence-corrected chi connectivity index (χ3v) is 1.90. The molecule has 0 fully saturated rings. The molecule has 1 atom stereocenters. The minimum Gasteiger partial charge on any atom is -0.484 e. The Bertz CT molecular complexity index is 419. The Morgan fingerprint density at radius 1 is 1.47 bits per heavy atom. The van der Waals surface area contributed by atoms with Gasteiger partial charge in [-0.15, -0.1) is 0 Å². The molecular formula is C10H11NO6. The number of nitro benzene ring substituents is 1. The summed E-state index contributed by atoms with van der Waals surface area (Å²) in [4.78, 5) is 20.3. The minimum absolute atomic E-state index is 0.00180. The molecule has 1 unspecified atom stereocenters. The topological polar surface area (TPSA) is 110 Å². The van der Waals surface area contributed by atoms with Crippen molar-refractivity contribution in [3.63, 3.8) is 0 Å². The number of nitro groups is 1. The maximum absolute atomic E-state index is 10.6. The van der Waals surface area contributed by atoms with Crippen molar-refractivity contribution >= 4 is 11.7 Å². The van der Waals surface area contributed by atoms with E-state index in [0.29, 0.717) is 0 Å². The first kappa shape index (κ1) is 12.9. The van der Waals surface area contributed by atoms with Crippen LogP contribution < -0.4 is 4.74 Å². The number of hydrogen-bond acceptors (Lipinski definition) is 5. The van der Waals surface area contributed by atoms with E-state index >= 15 is 0 Å². The van der Waals surface area contributed by atoms with Crippen LogP contribution >= 0.6 is 0 Å². The average Bonchev–Trinajstić information content (AvgIpc) is 2.25. The number of ether oxygens (including phenoxy) is 1. The summed E-state index contributed by atoms with van der Waals surface area (Å²) in [6, 6.07) is 5.68. The number of carbonyl (C=O) groups is 1. The number of nitrogens with zero attached hydrogens (tertiary/aromatic N) is 1. The highest BCUT2D eigenvalue weighted by atomic mass is 16.6. The zero-order valence-corrected chi connectivity index (χ0v) is 8.78. The van der Waals surface area contributed by atoms with Gasteiger partial charge in [0.05, 0.1) is 17.4 Å². The molecule has 92 valence electrons.